The summed E-state index contributed by atoms with van der Waals surface area (Å²) < 4.78 is 11.5. The van der Waals surface area contributed by atoms with Crippen molar-refractivity contribution in [3.8, 4) is 11.5 Å². The fraction of sp³-hybridized carbons (Fsp3) is 0.273. The third kappa shape index (κ3) is 4.22. The molecule has 0 radical (unpaired) electrons. The minimum absolute atomic E-state index is 0.367. The molecule has 1 amide bonds. The number of amides is 1. The quantitative estimate of drug-likeness (QED) is 0.570. The number of ether oxygens (including phenoxy) is 2. The summed E-state index contributed by atoms with van der Waals surface area (Å²) in [4.78, 5) is 20.7. The summed E-state index contributed by atoms with van der Waals surface area (Å²) in [5.41, 5.74) is 0.992. The number of nitrogens with zero attached hydrogens (tertiary/aromatic N) is 3. The van der Waals surface area contributed by atoms with E-state index in [2.05, 4.69) is 0 Å². The molecule has 0 saturated heterocycles. The van der Waals surface area contributed by atoms with Crippen LogP contribution in [0.1, 0.15) is 26.3 Å². The first-order valence-corrected chi connectivity index (χ1v) is 9.78. The van der Waals surface area contributed by atoms with Crippen molar-refractivity contribution in [2.75, 3.05) is 13.1 Å². The zero-order valence-corrected chi connectivity index (χ0v) is 17.3. The molecule has 0 aromatic heterocycles. The van der Waals surface area contributed by atoms with Crippen LogP contribution in [-0.2, 0) is 4.74 Å². The lowest BCUT2D eigenvalue weighted by atomic mass is 10.1. The summed E-state index contributed by atoms with van der Waals surface area (Å²) in [6, 6.07) is 13.1. The molecule has 0 bridgehead atoms. The lowest BCUT2D eigenvalue weighted by Gasteiger charge is -2.32. The zero-order valence-electron chi connectivity index (χ0n) is 16.6. The monoisotopic (exact) mass is 411 g/mol. The van der Waals surface area contributed by atoms with Crippen LogP contribution in [0.4, 0.5) is 10.5 Å². The number of benzene rings is 2. The van der Waals surface area contributed by atoms with Crippen molar-refractivity contribution < 1.29 is 14.3 Å². The first-order chi connectivity index (χ1) is 13.8. The second-order valence-electron chi connectivity index (χ2n) is 7.81. The van der Waals surface area contributed by atoms with Gasteiger partial charge in [-0.15, -0.1) is 0 Å². The molecule has 0 saturated carbocycles. The van der Waals surface area contributed by atoms with Crippen molar-refractivity contribution in [3.63, 3.8) is 0 Å². The summed E-state index contributed by atoms with van der Waals surface area (Å²) in [7, 11) is 0. The molecule has 0 N–H and O–H groups in total. The standard InChI is InChI=1S/C22H22ClN3O3/c1-22(2,3)29-21(27)26-12-10-25(11-13-26)20-16-14-15(23)8-9-18(16)28-19-7-5-4-6-17(19)24-20/h4-10,12,14H,11,13H2,1-3H3. The average molecular weight is 412 g/mol. The lowest BCUT2D eigenvalue weighted by molar-refractivity contribution is 0.0319. The van der Waals surface area contributed by atoms with Crippen LogP contribution in [-0.4, -0.2) is 40.4 Å². The van der Waals surface area contributed by atoms with Gasteiger partial charge < -0.3 is 14.4 Å². The van der Waals surface area contributed by atoms with Crippen LogP contribution in [0.15, 0.2) is 59.9 Å². The molecule has 0 unspecified atom stereocenters. The second kappa shape index (κ2) is 7.44. The Balaban J connectivity index is 1.67. The summed E-state index contributed by atoms with van der Waals surface area (Å²) in [5.74, 6) is 2.08. The van der Waals surface area contributed by atoms with Crippen molar-refractivity contribution in [3.05, 3.63) is 65.5 Å². The molecule has 2 aliphatic heterocycles. The van der Waals surface area contributed by atoms with E-state index in [1.54, 1.807) is 17.2 Å². The molecular formula is C22H22ClN3O3. The summed E-state index contributed by atoms with van der Waals surface area (Å²) in [5, 5.41) is 0.599. The van der Waals surface area contributed by atoms with E-state index >= 15 is 0 Å². The van der Waals surface area contributed by atoms with E-state index in [-0.39, 0.29) is 6.09 Å². The topological polar surface area (TPSA) is 54.4 Å². The van der Waals surface area contributed by atoms with Gasteiger partial charge in [-0.1, -0.05) is 23.7 Å². The van der Waals surface area contributed by atoms with Gasteiger partial charge in [-0.2, -0.15) is 0 Å². The van der Waals surface area contributed by atoms with Crippen molar-refractivity contribution in [1.29, 1.82) is 0 Å². The maximum absolute atomic E-state index is 12.3. The van der Waals surface area contributed by atoms with Gasteiger partial charge in [0.25, 0.3) is 0 Å². The van der Waals surface area contributed by atoms with Crippen LogP contribution in [0.3, 0.4) is 0 Å². The van der Waals surface area contributed by atoms with E-state index in [0.29, 0.717) is 35.4 Å². The van der Waals surface area contributed by atoms with E-state index < -0.39 is 5.60 Å². The van der Waals surface area contributed by atoms with Crippen LogP contribution in [0.2, 0.25) is 5.02 Å². The highest BCUT2D eigenvalue weighted by atomic mass is 35.5. The smallest absolute Gasteiger partial charge is 0.414 e. The Morgan fingerprint density at radius 3 is 2.62 bits per heavy atom. The zero-order chi connectivity index (χ0) is 20.6. The van der Waals surface area contributed by atoms with Gasteiger partial charge in [0, 0.05) is 30.5 Å². The van der Waals surface area contributed by atoms with Crippen LogP contribution in [0.5, 0.6) is 11.5 Å². The van der Waals surface area contributed by atoms with Crippen LogP contribution in [0.25, 0.3) is 0 Å². The molecular weight excluding hydrogens is 390 g/mol. The molecule has 150 valence electrons. The molecule has 0 atom stereocenters. The molecule has 29 heavy (non-hydrogen) atoms. The minimum Gasteiger partial charge on any atom is -0.454 e. The summed E-state index contributed by atoms with van der Waals surface area (Å²) >= 11 is 6.26. The van der Waals surface area contributed by atoms with Crippen molar-refractivity contribution in [2.45, 2.75) is 26.4 Å². The predicted molar refractivity (Wildman–Crippen MR) is 113 cm³/mol. The van der Waals surface area contributed by atoms with Gasteiger partial charge >= 0.3 is 6.09 Å². The normalized spacial score (nSPS) is 15.7. The Labute approximate surface area is 175 Å². The van der Waals surface area contributed by atoms with Gasteiger partial charge in [-0.3, -0.25) is 4.90 Å². The van der Waals surface area contributed by atoms with Crippen molar-refractivity contribution in [1.82, 2.24) is 9.80 Å². The van der Waals surface area contributed by atoms with Crippen molar-refractivity contribution >= 4 is 29.2 Å². The Kier molecular flexibility index (Phi) is 4.96. The number of rotatable bonds is 0. The number of fused-ring (bicyclic) bond motifs is 2. The molecule has 2 aromatic carbocycles. The number of carbonyl (C=O) groups is 1. The number of hydrogen-bond donors (Lipinski definition) is 0. The number of halogens is 1. The third-order valence-corrected chi connectivity index (χ3v) is 4.64. The highest BCUT2D eigenvalue weighted by molar-refractivity contribution is 6.31. The Bertz CT molecular complexity index is 1010. The molecule has 2 aliphatic rings. The number of amidine groups is 1. The summed E-state index contributed by atoms with van der Waals surface area (Å²) in [6.07, 6.45) is 3.17. The Morgan fingerprint density at radius 1 is 1.10 bits per heavy atom. The minimum atomic E-state index is -0.538. The molecule has 0 fully saturated rings. The van der Waals surface area contributed by atoms with E-state index in [4.69, 9.17) is 26.1 Å². The first kappa shape index (κ1) is 19.3. The van der Waals surface area contributed by atoms with Crippen molar-refractivity contribution in [2.24, 2.45) is 4.99 Å². The van der Waals surface area contributed by atoms with Crippen LogP contribution < -0.4 is 4.74 Å². The number of hydrogen-bond acceptors (Lipinski definition) is 5. The molecule has 2 aromatic rings. The maximum Gasteiger partial charge on any atom is 0.414 e. The highest BCUT2D eigenvalue weighted by Gasteiger charge is 2.27. The fourth-order valence-corrected chi connectivity index (χ4v) is 3.26. The Hall–Kier alpha value is -2.99. The fourth-order valence-electron chi connectivity index (χ4n) is 3.09. The van der Waals surface area contributed by atoms with Crippen LogP contribution in [0, 0.1) is 0 Å². The van der Waals surface area contributed by atoms with E-state index in [1.165, 1.54) is 0 Å². The highest BCUT2D eigenvalue weighted by Crippen LogP contribution is 2.39. The van der Waals surface area contributed by atoms with E-state index in [1.807, 2.05) is 68.3 Å². The molecule has 6 nitrogen and oxygen atoms in total. The number of aliphatic imine (C=N–C) groups is 1. The third-order valence-electron chi connectivity index (χ3n) is 4.40. The molecule has 2 heterocycles. The van der Waals surface area contributed by atoms with Gasteiger partial charge in [0.05, 0.1) is 5.56 Å². The average Bonchev–Trinajstić information content (AvgIpc) is 2.83. The van der Waals surface area contributed by atoms with Gasteiger partial charge in [0.15, 0.2) is 5.75 Å². The van der Waals surface area contributed by atoms with E-state index in [0.717, 1.165) is 11.3 Å². The largest absolute Gasteiger partial charge is 0.454 e. The molecule has 0 spiro atoms. The predicted octanol–water partition coefficient (Wildman–Crippen LogP) is 5.55. The number of carbonyl (C=O) groups excluding carboxylic acids is 1. The van der Waals surface area contributed by atoms with Gasteiger partial charge in [-0.05, 0) is 51.1 Å². The second-order valence-corrected chi connectivity index (χ2v) is 8.25. The van der Waals surface area contributed by atoms with Gasteiger partial charge in [0.1, 0.15) is 22.9 Å². The molecule has 4 rings (SSSR count). The lowest BCUT2D eigenvalue weighted by Crippen LogP contribution is -2.42. The SMILES string of the molecule is CC(C)(C)OC(=O)N1C=CN(C2=Nc3ccccc3Oc3ccc(Cl)cc32)CC1. The molecule has 7 heteroatoms. The molecule has 0 aliphatic carbocycles. The van der Waals surface area contributed by atoms with Crippen LogP contribution >= 0.6 is 11.6 Å². The maximum atomic E-state index is 12.3. The van der Waals surface area contributed by atoms with Gasteiger partial charge in [-0.25, -0.2) is 9.79 Å². The van der Waals surface area contributed by atoms with Gasteiger partial charge in [0.2, 0.25) is 0 Å². The number of para-hydroxylation sites is 2. The first-order valence-electron chi connectivity index (χ1n) is 9.40. The van der Waals surface area contributed by atoms with E-state index in [9.17, 15) is 4.79 Å². The summed E-state index contributed by atoms with van der Waals surface area (Å²) in [6.45, 7) is 6.58. The Morgan fingerprint density at radius 2 is 1.90 bits per heavy atom.